The number of urea groups is 1. The minimum Gasteiger partial charge on any atom is -0.457 e. The number of carbonyl (C=O) groups excluding carboxylic acids is 3. The maximum atomic E-state index is 13.3. The Morgan fingerprint density at radius 1 is 1.00 bits per heavy atom. The van der Waals surface area contributed by atoms with Crippen LogP contribution in [0.2, 0.25) is 0 Å². The molecule has 3 aromatic carbocycles. The zero-order valence-corrected chi connectivity index (χ0v) is 17.7. The smallest absolute Gasteiger partial charge is 0.325 e. The van der Waals surface area contributed by atoms with Gasteiger partial charge in [0.15, 0.2) is 0 Å². The number of amides is 4. The lowest BCUT2D eigenvalue weighted by molar-refractivity contribution is -0.135. The van der Waals surface area contributed by atoms with Gasteiger partial charge in [-0.25, -0.2) is 9.18 Å². The maximum absolute atomic E-state index is 13.3. The molecule has 0 saturated carbocycles. The Balaban J connectivity index is 1.37. The van der Waals surface area contributed by atoms with E-state index in [1.54, 1.807) is 0 Å². The van der Waals surface area contributed by atoms with Crippen LogP contribution in [0.3, 0.4) is 0 Å². The van der Waals surface area contributed by atoms with Crippen LogP contribution in [0.1, 0.15) is 29.7 Å². The van der Waals surface area contributed by atoms with Crippen molar-refractivity contribution >= 4 is 17.8 Å². The van der Waals surface area contributed by atoms with Gasteiger partial charge in [0.25, 0.3) is 5.91 Å². The topological polar surface area (TPSA) is 87.7 Å². The Kier molecular flexibility index (Phi) is 4.85. The molecule has 2 aliphatic heterocycles. The fraction of sp³-hybridized carbons (Fsp3) is 0.160. The first-order valence-corrected chi connectivity index (χ1v) is 10.4. The summed E-state index contributed by atoms with van der Waals surface area (Å²) in [5, 5.41) is 5.55. The molecule has 0 aliphatic carbocycles. The quantitative estimate of drug-likeness (QED) is 0.601. The first-order valence-electron chi connectivity index (χ1n) is 10.4. The summed E-state index contributed by atoms with van der Waals surface area (Å²) in [5.41, 5.74) is 0.594. The fourth-order valence-electron chi connectivity index (χ4n) is 4.24. The summed E-state index contributed by atoms with van der Waals surface area (Å²) < 4.78 is 19.2. The molecule has 2 heterocycles. The molecule has 4 amide bonds. The van der Waals surface area contributed by atoms with Crippen LogP contribution in [0.4, 0.5) is 9.18 Å². The van der Waals surface area contributed by atoms with Gasteiger partial charge in [0.05, 0.1) is 6.04 Å². The summed E-state index contributed by atoms with van der Waals surface area (Å²) in [7, 11) is 0. The van der Waals surface area contributed by atoms with Crippen LogP contribution in [-0.4, -0.2) is 29.3 Å². The largest absolute Gasteiger partial charge is 0.457 e. The number of nitrogens with zero attached hydrogens (tertiary/aromatic N) is 1. The third-order valence-electron chi connectivity index (χ3n) is 5.98. The predicted molar refractivity (Wildman–Crippen MR) is 117 cm³/mol. The van der Waals surface area contributed by atoms with Crippen LogP contribution in [0.5, 0.6) is 11.5 Å². The Hall–Kier alpha value is -4.20. The lowest BCUT2D eigenvalue weighted by Crippen LogP contribution is -2.44. The highest BCUT2D eigenvalue weighted by Gasteiger charge is 2.49. The van der Waals surface area contributed by atoms with Gasteiger partial charge in [-0.05, 0) is 36.8 Å². The fourth-order valence-corrected chi connectivity index (χ4v) is 4.24. The molecule has 0 aromatic heterocycles. The Morgan fingerprint density at radius 2 is 1.58 bits per heavy atom. The second-order valence-corrected chi connectivity index (χ2v) is 8.13. The number of carbonyl (C=O) groups is 3. The Morgan fingerprint density at radius 3 is 2.18 bits per heavy atom. The highest BCUT2D eigenvalue weighted by Crippen LogP contribution is 2.42. The van der Waals surface area contributed by atoms with Crippen LogP contribution in [0.25, 0.3) is 0 Å². The second-order valence-electron chi connectivity index (χ2n) is 8.13. The minimum atomic E-state index is -1.39. The third kappa shape index (κ3) is 3.49. The first-order chi connectivity index (χ1) is 15.9. The van der Waals surface area contributed by atoms with Crippen LogP contribution in [0.15, 0.2) is 72.8 Å². The number of ether oxygens (including phenoxy) is 1. The van der Waals surface area contributed by atoms with E-state index in [0.717, 1.165) is 16.0 Å². The van der Waals surface area contributed by atoms with E-state index in [4.69, 9.17) is 4.74 Å². The van der Waals surface area contributed by atoms with Gasteiger partial charge in [-0.3, -0.25) is 14.5 Å². The third-order valence-corrected chi connectivity index (χ3v) is 5.98. The molecule has 1 atom stereocenters. The number of hydrogen-bond donors (Lipinski definition) is 2. The molecule has 0 spiro atoms. The van der Waals surface area contributed by atoms with E-state index in [2.05, 4.69) is 10.6 Å². The lowest BCUT2D eigenvalue weighted by Gasteiger charge is -2.29. The summed E-state index contributed by atoms with van der Waals surface area (Å²) in [6, 6.07) is 18.9. The van der Waals surface area contributed by atoms with E-state index < -0.39 is 41.8 Å². The number of rotatable bonds is 4. The summed E-state index contributed by atoms with van der Waals surface area (Å²) in [6.45, 7) is 1.08. The van der Waals surface area contributed by atoms with Crippen molar-refractivity contribution in [1.29, 1.82) is 0 Å². The molecule has 33 heavy (non-hydrogen) atoms. The van der Waals surface area contributed by atoms with E-state index >= 15 is 0 Å². The molecule has 166 valence electrons. The number of fused-ring (bicyclic) bond motifs is 2. The molecular formula is C25H20FN3O4. The van der Waals surface area contributed by atoms with Crippen LogP contribution in [0, 0.1) is 5.82 Å². The predicted octanol–water partition coefficient (Wildman–Crippen LogP) is 3.60. The summed E-state index contributed by atoms with van der Waals surface area (Å²) in [4.78, 5) is 39.5. The molecule has 2 N–H and O–H groups in total. The van der Waals surface area contributed by atoms with E-state index in [-0.39, 0.29) is 0 Å². The van der Waals surface area contributed by atoms with Crippen LogP contribution < -0.4 is 15.4 Å². The van der Waals surface area contributed by atoms with Crippen molar-refractivity contribution in [1.82, 2.24) is 15.5 Å². The van der Waals surface area contributed by atoms with E-state index in [9.17, 15) is 18.8 Å². The number of benzene rings is 3. The van der Waals surface area contributed by atoms with Gasteiger partial charge in [-0.1, -0.05) is 48.5 Å². The highest BCUT2D eigenvalue weighted by atomic mass is 19.1. The molecule has 1 unspecified atom stereocenters. The molecule has 1 saturated heterocycles. The Labute approximate surface area is 189 Å². The SMILES string of the molecule is CC1(c2ccc(F)cc2)NC(=O)N(CC(=O)NC2c3ccccc3Oc3ccccc32)C1=O. The Bertz CT molecular complexity index is 1230. The molecular weight excluding hydrogens is 425 g/mol. The van der Waals surface area contributed by atoms with Gasteiger partial charge in [0, 0.05) is 11.1 Å². The number of hydrogen-bond acceptors (Lipinski definition) is 4. The molecule has 5 rings (SSSR count). The highest BCUT2D eigenvalue weighted by molar-refractivity contribution is 6.09. The van der Waals surface area contributed by atoms with Gasteiger partial charge in [0.1, 0.15) is 29.4 Å². The van der Waals surface area contributed by atoms with Crippen LogP contribution in [-0.2, 0) is 15.1 Å². The van der Waals surface area contributed by atoms with E-state index in [1.165, 1.54) is 31.2 Å². The molecule has 7 nitrogen and oxygen atoms in total. The van der Waals surface area contributed by atoms with Gasteiger partial charge < -0.3 is 15.4 Å². The minimum absolute atomic E-state index is 0.428. The van der Waals surface area contributed by atoms with Crippen molar-refractivity contribution in [3.05, 3.63) is 95.3 Å². The monoisotopic (exact) mass is 445 g/mol. The first kappa shape index (κ1) is 20.7. The molecule has 0 radical (unpaired) electrons. The number of halogens is 1. The van der Waals surface area contributed by atoms with Crippen molar-refractivity contribution in [2.24, 2.45) is 0 Å². The second kappa shape index (κ2) is 7.74. The summed E-state index contributed by atoms with van der Waals surface area (Å²) >= 11 is 0. The average Bonchev–Trinajstić information content (AvgIpc) is 3.03. The number of nitrogens with one attached hydrogen (secondary N) is 2. The van der Waals surface area contributed by atoms with Gasteiger partial charge in [0.2, 0.25) is 5.91 Å². The average molecular weight is 445 g/mol. The number of imide groups is 1. The lowest BCUT2D eigenvalue weighted by atomic mass is 9.92. The zero-order valence-electron chi connectivity index (χ0n) is 17.7. The molecule has 1 fully saturated rings. The molecule has 3 aromatic rings. The molecule has 8 heteroatoms. The van der Waals surface area contributed by atoms with Crippen molar-refractivity contribution in [2.45, 2.75) is 18.5 Å². The van der Waals surface area contributed by atoms with Gasteiger partial charge >= 0.3 is 6.03 Å². The van der Waals surface area contributed by atoms with Crippen molar-refractivity contribution in [3.63, 3.8) is 0 Å². The van der Waals surface area contributed by atoms with Crippen molar-refractivity contribution in [2.75, 3.05) is 6.54 Å². The summed E-state index contributed by atoms with van der Waals surface area (Å²) in [6.07, 6.45) is 0. The van der Waals surface area contributed by atoms with Crippen molar-refractivity contribution in [3.8, 4) is 11.5 Å². The molecule has 2 aliphatic rings. The normalized spacial score (nSPS) is 19.4. The standard InChI is InChI=1S/C25H20FN3O4/c1-25(15-10-12-16(26)13-11-15)23(31)29(24(32)28-25)14-21(30)27-22-17-6-2-4-8-19(17)33-20-9-5-3-7-18(20)22/h2-13,22H,14H2,1H3,(H,27,30)(H,28,32). The van der Waals surface area contributed by atoms with E-state index in [1.807, 2.05) is 48.5 Å². The van der Waals surface area contributed by atoms with Gasteiger partial charge in [-0.15, -0.1) is 0 Å². The van der Waals surface area contributed by atoms with E-state index in [0.29, 0.717) is 17.1 Å². The maximum Gasteiger partial charge on any atom is 0.325 e. The van der Waals surface area contributed by atoms with Crippen LogP contribution >= 0.6 is 0 Å². The summed E-state index contributed by atoms with van der Waals surface area (Å²) in [5.74, 6) is -0.284. The molecule has 0 bridgehead atoms. The van der Waals surface area contributed by atoms with Gasteiger partial charge in [-0.2, -0.15) is 0 Å². The zero-order chi connectivity index (χ0) is 23.2. The number of para-hydroxylation sites is 2. The van der Waals surface area contributed by atoms with Crippen molar-refractivity contribution < 1.29 is 23.5 Å².